The van der Waals surface area contributed by atoms with Crippen molar-refractivity contribution in [2.75, 3.05) is 32.2 Å². The molecule has 2 heterocycles. The molecule has 1 aliphatic rings. The predicted octanol–water partition coefficient (Wildman–Crippen LogP) is 2.82. The summed E-state index contributed by atoms with van der Waals surface area (Å²) < 4.78 is 14.2. The Labute approximate surface area is 154 Å². The van der Waals surface area contributed by atoms with E-state index in [4.69, 9.17) is 9.47 Å². The lowest BCUT2D eigenvalue weighted by atomic mass is 10.2. The van der Waals surface area contributed by atoms with Gasteiger partial charge in [0.15, 0.2) is 16.3 Å². The van der Waals surface area contributed by atoms with Gasteiger partial charge in [-0.3, -0.25) is 4.79 Å². The number of anilines is 1. The number of fused-ring (bicyclic) bond motifs is 2. The lowest BCUT2D eigenvalue weighted by molar-refractivity contribution is 0.0998. The van der Waals surface area contributed by atoms with Crippen LogP contribution in [0.25, 0.3) is 10.2 Å². The van der Waals surface area contributed by atoms with Crippen LogP contribution in [0.5, 0.6) is 11.5 Å². The van der Waals surface area contributed by atoms with Gasteiger partial charge in [0.05, 0.1) is 10.2 Å². The molecule has 0 atom stereocenters. The van der Waals surface area contributed by atoms with Crippen LogP contribution in [0.4, 0.5) is 5.69 Å². The average molecular weight is 369 g/mol. The highest BCUT2D eigenvalue weighted by atomic mass is 32.1. The van der Waals surface area contributed by atoms with Crippen LogP contribution in [0.1, 0.15) is 10.4 Å². The predicted molar refractivity (Wildman–Crippen MR) is 102 cm³/mol. The van der Waals surface area contributed by atoms with Gasteiger partial charge in [0.1, 0.15) is 13.2 Å². The van der Waals surface area contributed by atoms with Crippen LogP contribution in [-0.4, -0.2) is 37.8 Å². The summed E-state index contributed by atoms with van der Waals surface area (Å²) >= 11 is 1.46. The number of nitrogens with zero attached hydrogens (tertiary/aromatic N) is 3. The van der Waals surface area contributed by atoms with E-state index >= 15 is 0 Å². The number of aryl methyl sites for hydroxylation is 1. The molecule has 26 heavy (non-hydrogen) atoms. The summed E-state index contributed by atoms with van der Waals surface area (Å²) in [5, 5.41) is 0. The van der Waals surface area contributed by atoms with Crippen molar-refractivity contribution >= 4 is 33.1 Å². The molecule has 1 aromatic heterocycles. The second kappa shape index (κ2) is 6.49. The summed E-state index contributed by atoms with van der Waals surface area (Å²) in [4.78, 5) is 19.5. The number of rotatable bonds is 2. The van der Waals surface area contributed by atoms with Crippen LogP contribution in [0.15, 0.2) is 41.4 Å². The molecule has 4 rings (SSSR count). The van der Waals surface area contributed by atoms with E-state index in [1.165, 1.54) is 11.3 Å². The maximum Gasteiger partial charge on any atom is 0.279 e. The topological polar surface area (TPSA) is 56.1 Å². The summed E-state index contributed by atoms with van der Waals surface area (Å²) in [6, 6.07) is 11.3. The number of hydrogen-bond acceptors (Lipinski definition) is 5. The number of benzene rings is 2. The first-order valence-corrected chi connectivity index (χ1v) is 9.10. The molecular formula is C19H19N3O3S. The average Bonchev–Trinajstić information content (AvgIpc) is 2.95. The van der Waals surface area contributed by atoms with Gasteiger partial charge in [-0.1, -0.05) is 11.3 Å². The zero-order valence-electron chi connectivity index (χ0n) is 14.9. The third kappa shape index (κ3) is 2.94. The smallest absolute Gasteiger partial charge is 0.279 e. The lowest BCUT2D eigenvalue weighted by Crippen LogP contribution is -2.15. The molecule has 0 saturated carbocycles. The number of amides is 1. The highest BCUT2D eigenvalue weighted by Gasteiger charge is 2.15. The minimum atomic E-state index is -0.255. The van der Waals surface area contributed by atoms with E-state index < -0.39 is 0 Å². The first kappa shape index (κ1) is 16.7. The van der Waals surface area contributed by atoms with Crippen molar-refractivity contribution in [3.8, 4) is 11.5 Å². The maximum atomic E-state index is 12.5. The van der Waals surface area contributed by atoms with Crippen LogP contribution >= 0.6 is 11.3 Å². The number of aromatic nitrogens is 1. The molecule has 0 saturated heterocycles. The van der Waals surface area contributed by atoms with Gasteiger partial charge in [0, 0.05) is 44.5 Å². The number of ether oxygens (including phenoxy) is 2. The fraction of sp³-hybridized carbons (Fsp3) is 0.263. The molecule has 1 aliphatic heterocycles. The van der Waals surface area contributed by atoms with Crippen molar-refractivity contribution in [2.24, 2.45) is 12.0 Å². The van der Waals surface area contributed by atoms with E-state index in [-0.39, 0.29) is 5.91 Å². The summed E-state index contributed by atoms with van der Waals surface area (Å²) in [6.45, 7) is 1.10. The Morgan fingerprint density at radius 1 is 1.12 bits per heavy atom. The van der Waals surface area contributed by atoms with Gasteiger partial charge in [-0.15, -0.1) is 0 Å². The Kier molecular flexibility index (Phi) is 4.16. The summed E-state index contributed by atoms with van der Waals surface area (Å²) in [5.74, 6) is 1.21. The van der Waals surface area contributed by atoms with E-state index in [0.717, 1.165) is 27.4 Å². The highest BCUT2D eigenvalue weighted by Crippen LogP contribution is 2.35. The molecule has 2 aromatic carbocycles. The Hall–Kier alpha value is -2.80. The Morgan fingerprint density at radius 2 is 1.77 bits per heavy atom. The molecule has 1 amide bonds. The van der Waals surface area contributed by atoms with E-state index in [1.807, 2.05) is 54.9 Å². The van der Waals surface area contributed by atoms with E-state index in [1.54, 1.807) is 12.1 Å². The molecule has 0 radical (unpaired) electrons. The van der Waals surface area contributed by atoms with Crippen molar-refractivity contribution in [3.63, 3.8) is 0 Å². The van der Waals surface area contributed by atoms with Crippen molar-refractivity contribution in [3.05, 3.63) is 46.8 Å². The molecule has 0 unspecified atom stereocenters. The van der Waals surface area contributed by atoms with Gasteiger partial charge in [-0.2, -0.15) is 4.99 Å². The van der Waals surface area contributed by atoms with Gasteiger partial charge in [-0.25, -0.2) is 0 Å². The van der Waals surface area contributed by atoms with Gasteiger partial charge >= 0.3 is 0 Å². The standard InChI is InChI=1S/C19H19N3O3S/c1-21(2)13-6-4-12(5-7-13)18(23)20-19-22(3)14-10-15-16(11-17(14)26-19)25-9-8-24-15/h4-7,10-11H,8-9H2,1-3H3. The van der Waals surface area contributed by atoms with Gasteiger partial charge in [0.2, 0.25) is 0 Å². The minimum absolute atomic E-state index is 0.255. The number of thiazole rings is 1. The molecular weight excluding hydrogens is 350 g/mol. The Bertz CT molecular complexity index is 1050. The SMILES string of the molecule is CN(C)c1ccc(C(=O)N=c2sc3cc4c(cc3n2C)OCCO4)cc1. The molecule has 134 valence electrons. The fourth-order valence-electron chi connectivity index (χ4n) is 2.82. The molecule has 0 fully saturated rings. The van der Waals surface area contributed by atoms with Crippen LogP contribution in [-0.2, 0) is 7.05 Å². The monoisotopic (exact) mass is 369 g/mol. The summed E-state index contributed by atoms with van der Waals surface area (Å²) in [6.07, 6.45) is 0. The highest BCUT2D eigenvalue weighted by molar-refractivity contribution is 7.16. The summed E-state index contributed by atoms with van der Waals surface area (Å²) in [7, 11) is 5.83. The summed E-state index contributed by atoms with van der Waals surface area (Å²) in [5.41, 5.74) is 2.58. The third-order valence-electron chi connectivity index (χ3n) is 4.30. The van der Waals surface area contributed by atoms with Crippen molar-refractivity contribution < 1.29 is 14.3 Å². The van der Waals surface area contributed by atoms with E-state index in [0.29, 0.717) is 23.6 Å². The van der Waals surface area contributed by atoms with Crippen LogP contribution in [0.2, 0.25) is 0 Å². The maximum absolute atomic E-state index is 12.5. The molecule has 0 spiro atoms. The van der Waals surface area contributed by atoms with E-state index in [9.17, 15) is 4.79 Å². The minimum Gasteiger partial charge on any atom is -0.486 e. The second-order valence-corrected chi connectivity index (χ2v) is 7.27. The van der Waals surface area contributed by atoms with E-state index in [2.05, 4.69) is 4.99 Å². The molecule has 7 heteroatoms. The van der Waals surface area contributed by atoms with Crippen molar-refractivity contribution in [1.29, 1.82) is 0 Å². The Balaban J connectivity index is 1.73. The number of carbonyl (C=O) groups excluding carboxylic acids is 1. The largest absolute Gasteiger partial charge is 0.486 e. The fourth-order valence-corrected chi connectivity index (χ4v) is 3.85. The zero-order valence-corrected chi connectivity index (χ0v) is 15.7. The first-order chi connectivity index (χ1) is 12.5. The van der Waals surface area contributed by atoms with Crippen molar-refractivity contribution in [2.45, 2.75) is 0 Å². The number of carbonyl (C=O) groups is 1. The normalized spacial score (nSPS) is 13.9. The molecule has 0 aliphatic carbocycles. The molecule has 0 N–H and O–H groups in total. The lowest BCUT2D eigenvalue weighted by Gasteiger charge is -2.18. The quantitative estimate of drug-likeness (QED) is 0.697. The van der Waals surface area contributed by atoms with Crippen LogP contribution in [0.3, 0.4) is 0 Å². The van der Waals surface area contributed by atoms with Crippen LogP contribution in [0, 0.1) is 0 Å². The van der Waals surface area contributed by atoms with Gasteiger partial charge < -0.3 is 18.9 Å². The third-order valence-corrected chi connectivity index (χ3v) is 5.40. The van der Waals surface area contributed by atoms with Gasteiger partial charge in [-0.05, 0) is 24.3 Å². The van der Waals surface area contributed by atoms with Gasteiger partial charge in [0.25, 0.3) is 5.91 Å². The molecule has 0 bridgehead atoms. The molecule has 3 aromatic rings. The second-order valence-electron chi connectivity index (χ2n) is 6.27. The number of hydrogen-bond donors (Lipinski definition) is 0. The van der Waals surface area contributed by atoms with Crippen molar-refractivity contribution in [1.82, 2.24) is 4.57 Å². The van der Waals surface area contributed by atoms with Crippen LogP contribution < -0.4 is 19.2 Å². The first-order valence-electron chi connectivity index (χ1n) is 8.28. The Morgan fingerprint density at radius 3 is 2.42 bits per heavy atom. The zero-order chi connectivity index (χ0) is 18.3. The molecule has 6 nitrogen and oxygen atoms in total.